The molecule has 56 valence electrons. The van der Waals surface area contributed by atoms with E-state index in [-0.39, 0.29) is 11.2 Å². The quantitative estimate of drug-likeness (QED) is 0.544. The Labute approximate surface area is 65.0 Å². The lowest BCUT2D eigenvalue weighted by atomic mass is 9.96. The van der Waals surface area contributed by atoms with E-state index in [9.17, 15) is 4.79 Å². The van der Waals surface area contributed by atoms with Gasteiger partial charge in [-0.2, -0.15) is 0 Å². The highest BCUT2D eigenvalue weighted by molar-refractivity contribution is 6.01. The summed E-state index contributed by atoms with van der Waals surface area (Å²) in [4.78, 5) is 11.0. The molecule has 0 aromatic heterocycles. The smallest absolute Gasteiger partial charge is 0.180 e. The molecule has 0 bridgehead atoms. The lowest BCUT2D eigenvalue weighted by Gasteiger charge is -2.13. The van der Waals surface area contributed by atoms with Crippen molar-refractivity contribution in [3.05, 3.63) is 23.9 Å². The largest absolute Gasteiger partial charge is 0.387 e. The Morgan fingerprint density at radius 1 is 1.64 bits per heavy atom. The molecule has 11 heavy (non-hydrogen) atoms. The van der Waals surface area contributed by atoms with Crippen LogP contribution in [0.15, 0.2) is 23.9 Å². The first-order valence-corrected chi connectivity index (χ1v) is 4.00. The minimum Gasteiger partial charge on any atom is -0.387 e. The van der Waals surface area contributed by atoms with Crippen molar-refractivity contribution in [2.24, 2.45) is 11.3 Å². The van der Waals surface area contributed by atoms with Crippen LogP contribution in [0.4, 0.5) is 0 Å². The number of hydrogen-bond donors (Lipinski definition) is 1. The van der Waals surface area contributed by atoms with Crippen LogP contribution in [0.1, 0.15) is 6.42 Å². The molecule has 1 saturated heterocycles. The number of nitrogens with one attached hydrogen (secondary N) is 1. The van der Waals surface area contributed by atoms with Gasteiger partial charge in [0.1, 0.15) is 0 Å². The summed E-state index contributed by atoms with van der Waals surface area (Å²) in [6.07, 6.45) is 6.77. The van der Waals surface area contributed by atoms with Crippen molar-refractivity contribution in [2.75, 3.05) is 6.54 Å². The van der Waals surface area contributed by atoms with Crippen LogP contribution in [-0.2, 0) is 4.79 Å². The topological polar surface area (TPSA) is 29.1 Å². The average molecular weight is 147 g/mol. The number of rotatable bonds is 0. The molecule has 0 aromatic rings. The summed E-state index contributed by atoms with van der Waals surface area (Å²) in [6, 6.07) is 0. The van der Waals surface area contributed by atoms with Gasteiger partial charge >= 0.3 is 0 Å². The van der Waals surface area contributed by atoms with E-state index in [0.717, 1.165) is 18.2 Å². The molecule has 1 heterocycles. The number of carbonyl (C=O) groups excluding carboxylic acids is 1. The average Bonchev–Trinajstić information content (AvgIpc) is 2.60. The minimum absolute atomic E-state index is 0.130. The maximum Gasteiger partial charge on any atom is 0.180 e. The van der Waals surface area contributed by atoms with Gasteiger partial charge < -0.3 is 5.32 Å². The zero-order valence-electron chi connectivity index (χ0n) is 6.13. The van der Waals surface area contributed by atoms with Gasteiger partial charge in [-0.25, -0.2) is 0 Å². The van der Waals surface area contributed by atoms with Crippen LogP contribution >= 0.6 is 0 Å². The Morgan fingerprint density at radius 2 is 2.55 bits per heavy atom. The van der Waals surface area contributed by atoms with Crippen molar-refractivity contribution < 1.29 is 4.79 Å². The molecule has 2 nitrogen and oxygen atoms in total. The normalized spacial score (nSPS) is 44.2. The first-order valence-electron chi connectivity index (χ1n) is 4.00. The molecule has 1 spiro atoms. The van der Waals surface area contributed by atoms with Gasteiger partial charge in [-0.3, -0.25) is 4.79 Å². The van der Waals surface area contributed by atoms with Crippen LogP contribution < -0.4 is 5.32 Å². The van der Waals surface area contributed by atoms with Crippen molar-refractivity contribution in [1.29, 1.82) is 0 Å². The highest BCUT2D eigenvalue weighted by Gasteiger charge is 2.59. The predicted molar refractivity (Wildman–Crippen MR) is 40.8 cm³/mol. The van der Waals surface area contributed by atoms with Gasteiger partial charge in [0, 0.05) is 23.7 Å². The van der Waals surface area contributed by atoms with Crippen molar-refractivity contribution in [3.8, 4) is 0 Å². The van der Waals surface area contributed by atoms with E-state index in [1.807, 2.05) is 0 Å². The zero-order valence-corrected chi connectivity index (χ0v) is 6.13. The summed E-state index contributed by atoms with van der Waals surface area (Å²) < 4.78 is 0. The number of allylic oxidation sites excluding steroid dienone is 3. The highest BCUT2D eigenvalue weighted by atomic mass is 16.1. The maximum absolute atomic E-state index is 11.0. The third-order valence-electron chi connectivity index (χ3n) is 3.02. The van der Waals surface area contributed by atoms with Crippen LogP contribution in [0.3, 0.4) is 0 Å². The lowest BCUT2D eigenvalue weighted by Crippen LogP contribution is -2.16. The number of ketones is 1. The third kappa shape index (κ3) is 0.516. The van der Waals surface area contributed by atoms with Gasteiger partial charge in [0.25, 0.3) is 0 Å². The van der Waals surface area contributed by atoms with E-state index in [1.54, 1.807) is 12.2 Å². The fraction of sp³-hybridized carbons (Fsp3) is 0.444. The van der Waals surface area contributed by atoms with E-state index in [0.29, 0.717) is 0 Å². The summed E-state index contributed by atoms with van der Waals surface area (Å²) in [5.74, 6) is 0.906. The van der Waals surface area contributed by atoms with Gasteiger partial charge in [-0.1, -0.05) is 6.08 Å². The molecule has 0 unspecified atom stereocenters. The zero-order chi connectivity index (χ0) is 7.47. The molecule has 0 radical (unpaired) electrons. The molecule has 1 saturated carbocycles. The standard InChI is InChI=1S/C9H9NO/c11-7-1-2-9-4-6(9)5-10-8(9)3-7/h1-3,6,10H,4-5H2/t6-,9+/m0/s1. The van der Waals surface area contributed by atoms with E-state index in [4.69, 9.17) is 0 Å². The first kappa shape index (κ1) is 5.58. The molecular formula is C9H9NO. The van der Waals surface area contributed by atoms with Crippen molar-refractivity contribution in [2.45, 2.75) is 6.42 Å². The highest BCUT2D eigenvalue weighted by Crippen LogP contribution is 2.62. The Kier molecular flexibility index (Phi) is 0.721. The Morgan fingerprint density at radius 3 is 3.36 bits per heavy atom. The number of carbonyl (C=O) groups is 1. The number of hydrogen-bond acceptors (Lipinski definition) is 2. The molecular weight excluding hydrogens is 138 g/mol. The van der Waals surface area contributed by atoms with Gasteiger partial charge in [0.2, 0.25) is 0 Å². The minimum atomic E-state index is 0.130. The van der Waals surface area contributed by atoms with E-state index in [2.05, 4.69) is 11.4 Å². The van der Waals surface area contributed by atoms with Crippen molar-refractivity contribution in [3.63, 3.8) is 0 Å². The van der Waals surface area contributed by atoms with Gasteiger partial charge in [0.05, 0.1) is 0 Å². The van der Waals surface area contributed by atoms with Gasteiger partial charge in [-0.05, 0) is 18.4 Å². The van der Waals surface area contributed by atoms with Crippen LogP contribution in [0.2, 0.25) is 0 Å². The maximum atomic E-state index is 11.0. The van der Waals surface area contributed by atoms with Crippen LogP contribution in [-0.4, -0.2) is 12.3 Å². The SMILES string of the molecule is O=C1C=C[C@@]23C[C@H]2CNC3=C1. The molecule has 0 aromatic carbocycles. The first-order chi connectivity index (χ1) is 5.31. The summed E-state index contributed by atoms with van der Waals surface area (Å²) in [5.41, 5.74) is 1.45. The second kappa shape index (κ2) is 1.42. The molecule has 1 N–H and O–H groups in total. The van der Waals surface area contributed by atoms with Crippen molar-refractivity contribution >= 4 is 5.78 Å². The Balaban J connectivity index is 2.12. The Hall–Kier alpha value is -1.05. The van der Waals surface area contributed by atoms with Gasteiger partial charge in [0.15, 0.2) is 5.78 Å². The molecule has 2 aliphatic carbocycles. The molecule has 1 aliphatic heterocycles. The summed E-state index contributed by atoms with van der Waals surface area (Å²) in [6.45, 7) is 1.06. The Bertz CT molecular complexity index is 303. The molecule has 2 heteroatoms. The number of piperidine rings is 1. The monoisotopic (exact) mass is 147 g/mol. The van der Waals surface area contributed by atoms with E-state index in [1.165, 1.54) is 6.42 Å². The lowest BCUT2D eigenvalue weighted by molar-refractivity contribution is -0.110. The molecule has 0 amide bonds. The van der Waals surface area contributed by atoms with Crippen LogP contribution in [0.5, 0.6) is 0 Å². The fourth-order valence-electron chi connectivity index (χ4n) is 2.23. The molecule has 2 atom stereocenters. The molecule has 3 rings (SSSR count). The predicted octanol–water partition coefficient (Wildman–Crippen LogP) is 0.619. The van der Waals surface area contributed by atoms with Crippen LogP contribution in [0, 0.1) is 11.3 Å². The van der Waals surface area contributed by atoms with E-state index >= 15 is 0 Å². The second-order valence-corrected chi connectivity index (χ2v) is 3.62. The molecule has 3 aliphatic rings. The van der Waals surface area contributed by atoms with Gasteiger partial charge in [-0.15, -0.1) is 0 Å². The summed E-state index contributed by atoms with van der Waals surface area (Å²) in [5, 5.41) is 3.27. The van der Waals surface area contributed by atoms with Crippen molar-refractivity contribution in [1.82, 2.24) is 5.32 Å². The molecule has 2 fully saturated rings. The van der Waals surface area contributed by atoms with E-state index < -0.39 is 0 Å². The summed E-state index contributed by atoms with van der Waals surface area (Å²) >= 11 is 0. The second-order valence-electron chi connectivity index (χ2n) is 3.62. The summed E-state index contributed by atoms with van der Waals surface area (Å²) in [7, 11) is 0. The fourth-order valence-corrected chi connectivity index (χ4v) is 2.23. The van der Waals surface area contributed by atoms with Crippen LogP contribution in [0.25, 0.3) is 0 Å². The third-order valence-corrected chi connectivity index (χ3v) is 3.02.